The van der Waals surface area contributed by atoms with Crippen LogP contribution < -0.4 is 20.1 Å². The lowest BCUT2D eigenvalue weighted by molar-refractivity contribution is 0.395. The number of anilines is 2. The van der Waals surface area contributed by atoms with Crippen molar-refractivity contribution in [1.82, 2.24) is 15.0 Å². The van der Waals surface area contributed by atoms with Crippen LogP contribution in [0.15, 0.2) is 59.3 Å². The van der Waals surface area contributed by atoms with Crippen LogP contribution in [-0.4, -0.2) is 34.3 Å². The van der Waals surface area contributed by atoms with Gasteiger partial charge in [-0.15, -0.1) is 0 Å². The number of hydrogen-bond acceptors (Lipinski definition) is 7. The van der Waals surface area contributed by atoms with E-state index >= 15 is 0 Å². The molecular formula is C20H17N5O3S. The highest BCUT2D eigenvalue weighted by atomic mass is 32.1. The van der Waals surface area contributed by atoms with Gasteiger partial charge in [-0.2, -0.15) is 4.98 Å². The highest BCUT2D eigenvalue weighted by molar-refractivity contribution is 7.80. The lowest BCUT2D eigenvalue weighted by Crippen LogP contribution is -2.19. The Morgan fingerprint density at radius 1 is 0.966 bits per heavy atom. The molecule has 2 N–H and O–H groups in total. The fraction of sp³-hybridized carbons (Fsp3) is 0.100. The van der Waals surface area contributed by atoms with Gasteiger partial charge in [0.25, 0.3) is 0 Å². The van der Waals surface area contributed by atoms with Crippen LogP contribution in [0.2, 0.25) is 0 Å². The van der Waals surface area contributed by atoms with Gasteiger partial charge in [0, 0.05) is 41.8 Å². The van der Waals surface area contributed by atoms with Crippen LogP contribution in [0.1, 0.15) is 0 Å². The second-order valence-electron chi connectivity index (χ2n) is 5.95. The van der Waals surface area contributed by atoms with E-state index in [0.29, 0.717) is 39.6 Å². The van der Waals surface area contributed by atoms with E-state index in [2.05, 4.69) is 25.6 Å². The van der Waals surface area contributed by atoms with E-state index in [1.54, 1.807) is 50.9 Å². The molecule has 146 valence electrons. The summed E-state index contributed by atoms with van der Waals surface area (Å²) in [5, 5.41) is 6.51. The third kappa shape index (κ3) is 4.25. The molecule has 0 unspecified atom stereocenters. The minimum atomic E-state index is 0.365. The Labute approximate surface area is 171 Å². The highest BCUT2D eigenvalue weighted by Crippen LogP contribution is 2.26. The maximum Gasteiger partial charge on any atom is 0.229 e. The number of rotatable bonds is 5. The molecular weight excluding hydrogens is 390 g/mol. The standard InChI is InChI=1S/C20H17N5O3S/c1-26-14-9-13(10-15(11-14)27-2)23-20(29)24-17-8-12(5-7-21-17)19-25-18-16(28-19)4-3-6-22-18/h3-11H,1-2H3,(H2,21,23,24,29). The molecule has 4 aromatic rings. The number of nitrogens with zero attached hydrogens (tertiary/aromatic N) is 3. The van der Waals surface area contributed by atoms with Gasteiger partial charge in [-0.25, -0.2) is 9.97 Å². The van der Waals surface area contributed by atoms with Crippen LogP contribution >= 0.6 is 12.2 Å². The van der Waals surface area contributed by atoms with E-state index in [9.17, 15) is 0 Å². The second-order valence-corrected chi connectivity index (χ2v) is 6.36. The number of thiocarbonyl (C=S) groups is 1. The third-order valence-corrected chi connectivity index (χ3v) is 4.23. The Morgan fingerprint density at radius 3 is 2.48 bits per heavy atom. The fourth-order valence-electron chi connectivity index (χ4n) is 2.68. The normalized spacial score (nSPS) is 10.6. The Kier molecular flexibility index (Phi) is 5.21. The first-order chi connectivity index (χ1) is 14.1. The van der Waals surface area contributed by atoms with Gasteiger partial charge >= 0.3 is 0 Å². The smallest absolute Gasteiger partial charge is 0.229 e. The number of ether oxygens (including phenoxy) is 2. The molecule has 29 heavy (non-hydrogen) atoms. The molecule has 0 bridgehead atoms. The van der Waals surface area contributed by atoms with E-state index in [4.69, 9.17) is 26.1 Å². The van der Waals surface area contributed by atoms with Gasteiger partial charge in [-0.1, -0.05) is 0 Å². The highest BCUT2D eigenvalue weighted by Gasteiger charge is 2.10. The summed E-state index contributed by atoms with van der Waals surface area (Å²) < 4.78 is 16.3. The average molecular weight is 407 g/mol. The van der Waals surface area contributed by atoms with E-state index < -0.39 is 0 Å². The summed E-state index contributed by atoms with van der Waals surface area (Å²) >= 11 is 5.40. The summed E-state index contributed by atoms with van der Waals surface area (Å²) in [7, 11) is 3.18. The lowest BCUT2D eigenvalue weighted by atomic mass is 10.2. The van der Waals surface area contributed by atoms with Crippen LogP contribution in [0.5, 0.6) is 11.5 Å². The number of benzene rings is 1. The van der Waals surface area contributed by atoms with Gasteiger partial charge in [0.15, 0.2) is 16.3 Å². The maximum atomic E-state index is 5.76. The minimum absolute atomic E-state index is 0.365. The Bertz CT molecular complexity index is 1120. The number of pyridine rings is 2. The summed E-state index contributed by atoms with van der Waals surface area (Å²) in [4.78, 5) is 12.9. The van der Waals surface area contributed by atoms with Crippen LogP contribution in [0, 0.1) is 0 Å². The number of hydrogen-bond donors (Lipinski definition) is 2. The molecule has 0 aliphatic carbocycles. The predicted molar refractivity (Wildman–Crippen MR) is 114 cm³/mol. The SMILES string of the molecule is COc1cc(NC(=S)Nc2cc(-c3nc4ncccc4o3)ccn2)cc(OC)c1. The molecule has 8 nitrogen and oxygen atoms in total. The van der Waals surface area contributed by atoms with Gasteiger partial charge < -0.3 is 24.5 Å². The van der Waals surface area contributed by atoms with Crippen molar-refractivity contribution in [1.29, 1.82) is 0 Å². The van der Waals surface area contributed by atoms with Gasteiger partial charge in [-0.3, -0.25) is 0 Å². The number of oxazole rings is 1. The zero-order valence-corrected chi connectivity index (χ0v) is 16.5. The molecule has 9 heteroatoms. The molecule has 3 aromatic heterocycles. The van der Waals surface area contributed by atoms with Gasteiger partial charge in [0.2, 0.25) is 5.89 Å². The van der Waals surface area contributed by atoms with Gasteiger partial charge in [0.05, 0.1) is 14.2 Å². The number of nitrogens with one attached hydrogen (secondary N) is 2. The van der Waals surface area contributed by atoms with Crippen molar-refractivity contribution in [3.05, 3.63) is 54.9 Å². The third-order valence-electron chi connectivity index (χ3n) is 4.02. The number of fused-ring (bicyclic) bond motifs is 1. The molecule has 0 spiro atoms. The monoisotopic (exact) mass is 407 g/mol. The number of methoxy groups -OCH3 is 2. The van der Waals surface area contributed by atoms with E-state index in [1.165, 1.54) is 0 Å². The van der Waals surface area contributed by atoms with Crippen LogP contribution in [0.3, 0.4) is 0 Å². The summed E-state index contributed by atoms with van der Waals surface area (Å²) in [6.45, 7) is 0. The van der Waals surface area contributed by atoms with Crippen molar-refractivity contribution in [3.8, 4) is 23.0 Å². The van der Waals surface area contributed by atoms with Crippen molar-refractivity contribution >= 4 is 40.1 Å². The minimum Gasteiger partial charge on any atom is -0.497 e. The van der Waals surface area contributed by atoms with Crippen LogP contribution in [0.4, 0.5) is 11.5 Å². The first kappa shape index (κ1) is 18.6. The van der Waals surface area contributed by atoms with E-state index in [-0.39, 0.29) is 0 Å². The topological polar surface area (TPSA) is 94.3 Å². The Balaban J connectivity index is 1.51. The summed E-state index contributed by atoms with van der Waals surface area (Å²) in [5.41, 5.74) is 2.65. The molecule has 1 aromatic carbocycles. The second kappa shape index (κ2) is 8.11. The summed E-state index contributed by atoms with van der Waals surface area (Å²) in [6, 6.07) is 12.6. The molecule has 0 saturated heterocycles. The molecule has 0 fully saturated rings. The van der Waals surface area contributed by atoms with Crippen LogP contribution in [0.25, 0.3) is 22.7 Å². The average Bonchev–Trinajstić information content (AvgIpc) is 3.18. The first-order valence-corrected chi connectivity index (χ1v) is 9.04. The fourth-order valence-corrected chi connectivity index (χ4v) is 2.91. The van der Waals surface area contributed by atoms with Crippen molar-refractivity contribution in [2.45, 2.75) is 0 Å². The Hall–Kier alpha value is -3.72. The molecule has 0 aliphatic heterocycles. The van der Waals surface area contributed by atoms with Crippen molar-refractivity contribution in [2.75, 3.05) is 24.9 Å². The van der Waals surface area contributed by atoms with E-state index in [1.807, 2.05) is 18.2 Å². The van der Waals surface area contributed by atoms with Crippen LogP contribution in [-0.2, 0) is 0 Å². The van der Waals surface area contributed by atoms with Crippen molar-refractivity contribution in [3.63, 3.8) is 0 Å². The molecule has 0 amide bonds. The molecule has 0 atom stereocenters. The first-order valence-electron chi connectivity index (χ1n) is 8.63. The molecule has 0 saturated carbocycles. The lowest BCUT2D eigenvalue weighted by Gasteiger charge is -2.12. The number of aromatic nitrogens is 3. The van der Waals surface area contributed by atoms with Crippen molar-refractivity contribution in [2.24, 2.45) is 0 Å². The summed E-state index contributed by atoms with van der Waals surface area (Å²) in [5.74, 6) is 2.31. The maximum absolute atomic E-state index is 5.76. The molecule has 0 aliphatic rings. The van der Waals surface area contributed by atoms with E-state index in [0.717, 1.165) is 11.3 Å². The summed E-state index contributed by atoms with van der Waals surface area (Å²) in [6.07, 6.45) is 3.32. The zero-order valence-electron chi connectivity index (χ0n) is 15.7. The molecule has 3 heterocycles. The predicted octanol–water partition coefficient (Wildman–Crippen LogP) is 4.11. The zero-order chi connectivity index (χ0) is 20.2. The van der Waals surface area contributed by atoms with Gasteiger partial charge in [-0.05, 0) is 36.5 Å². The van der Waals surface area contributed by atoms with Gasteiger partial charge in [0.1, 0.15) is 17.3 Å². The Morgan fingerprint density at radius 2 is 1.76 bits per heavy atom. The quantitative estimate of drug-likeness (QED) is 0.474. The van der Waals surface area contributed by atoms with Crippen molar-refractivity contribution < 1.29 is 13.9 Å². The largest absolute Gasteiger partial charge is 0.497 e. The molecule has 4 rings (SSSR count). The molecule has 0 radical (unpaired) electrons.